The van der Waals surface area contributed by atoms with Gasteiger partial charge in [-0.2, -0.15) is 5.10 Å². The van der Waals surface area contributed by atoms with E-state index in [0.717, 1.165) is 28.3 Å². The smallest absolute Gasteiger partial charge is 0.277 e. The summed E-state index contributed by atoms with van der Waals surface area (Å²) in [6.07, 6.45) is 1.62. The molecule has 0 unspecified atom stereocenters. The van der Waals surface area contributed by atoms with E-state index in [1.165, 1.54) is 0 Å². The van der Waals surface area contributed by atoms with Crippen molar-refractivity contribution in [3.8, 4) is 11.4 Å². The number of carbonyl (C=O) groups excluding carboxylic acids is 1. The number of amides is 1. The maximum Gasteiger partial charge on any atom is 0.277 e. The van der Waals surface area contributed by atoms with Crippen molar-refractivity contribution in [2.24, 2.45) is 0 Å². The number of carbonyl (C=O) groups is 1. The maximum atomic E-state index is 12.6. The molecular formula is C21H20N6O. The van der Waals surface area contributed by atoms with E-state index < -0.39 is 0 Å². The number of hydrogen-bond donors (Lipinski definition) is 1. The van der Waals surface area contributed by atoms with Gasteiger partial charge in [0.2, 0.25) is 0 Å². The van der Waals surface area contributed by atoms with Gasteiger partial charge in [-0.3, -0.25) is 4.79 Å². The zero-order chi connectivity index (χ0) is 19.7. The fourth-order valence-electron chi connectivity index (χ4n) is 2.99. The van der Waals surface area contributed by atoms with Gasteiger partial charge in [0, 0.05) is 11.4 Å². The second-order valence-corrected chi connectivity index (χ2v) is 6.73. The third-order valence-electron chi connectivity index (χ3n) is 4.38. The van der Waals surface area contributed by atoms with Crippen LogP contribution in [0.4, 0.5) is 5.69 Å². The Morgan fingerprint density at radius 3 is 2.46 bits per heavy atom. The van der Waals surface area contributed by atoms with Crippen LogP contribution in [0, 0.1) is 20.8 Å². The van der Waals surface area contributed by atoms with Crippen molar-refractivity contribution >= 4 is 11.6 Å². The monoisotopic (exact) mass is 372 g/mol. The minimum absolute atomic E-state index is 0.247. The molecule has 4 aromatic rings. The van der Waals surface area contributed by atoms with Gasteiger partial charge in [-0.15, -0.1) is 5.10 Å². The number of nitrogens with zero attached hydrogens (tertiary/aromatic N) is 5. The molecule has 1 amide bonds. The number of nitrogens with one attached hydrogen (secondary N) is 1. The second kappa shape index (κ2) is 7.11. The van der Waals surface area contributed by atoms with E-state index in [0.29, 0.717) is 5.69 Å². The van der Waals surface area contributed by atoms with Crippen LogP contribution in [0.2, 0.25) is 0 Å². The van der Waals surface area contributed by atoms with Crippen LogP contribution >= 0.6 is 0 Å². The highest BCUT2D eigenvalue weighted by molar-refractivity contribution is 6.02. The van der Waals surface area contributed by atoms with Crippen molar-refractivity contribution in [2.75, 3.05) is 5.32 Å². The zero-order valence-corrected chi connectivity index (χ0v) is 15.9. The van der Waals surface area contributed by atoms with E-state index in [2.05, 4.69) is 20.7 Å². The van der Waals surface area contributed by atoms with E-state index in [9.17, 15) is 4.79 Å². The van der Waals surface area contributed by atoms with Gasteiger partial charge in [0.1, 0.15) is 0 Å². The van der Waals surface area contributed by atoms with Gasteiger partial charge in [0.05, 0.1) is 23.3 Å². The highest BCUT2D eigenvalue weighted by atomic mass is 16.2. The minimum Gasteiger partial charge on any atom is -0.320 e. The predicted molar refractivity (Wildman–Crippen MR) is 107 cm³/mol. The summed E-state index contributed by atoms with van der Waals surface area (Å²) >= 11 is 0. The fraction of sp³-hybridized carbons (Fsp3) is 0.143. The number of aryl methyl sites for hydroxylation is 3. The molecule has 7 heteroatoms. The number of hydrogen-bond acceptors (Lipinski definition) is 4. The molecule has 2 heterocycles. The van der Waals surface area contributed by atoms with Gasteiger partial charge < -0.3 is 5.32 Å². The van der Waals surface area contributed by atoms with Gasteiger partial charge in [-0.1, -0.05) is 29.0 Å². The van der Waals surface area contributed by atoms with Crippen LogP contribution in [-0.4, -0.2) is 30.7 Å². The predicted octanol–water partition coefficient (Wildman–Crippen LogP) is 3.63. The first kappa shape index (κ1) is 17.7. The van der Waals surface area contributed by atoms with Crippen molar-refractivity contribution in [1.82, 2.24) is 24.8 Å². The number of anilines is 1. The molecule has 140 valence electrons. The normalized spacial score (nSPS) is 10.8. The summed E-state index contributed by atoms with van der Waals surface area (Å²) in [6, 6.07) is 17.4. The van der Waals surface area contributed by atoms with Crippen LogP contribution in [0.15, 0.2) is 60.8 Å². The lowest BCUT2D eigenvalue weighted by molar-refractivity contribution is 0.102. The lowest BCUT2D eigenvalue weighted by Gasteiger charge is -2.08. The average molecular weight is 372 g/mol. The Hall–Kier alpha value is -3.74. The largest absolute Gasteiger partial charge is 0.320 e. The van der Waals surface area contributed by atoms with Crippen molar-refractivity contribution in [1.29, 1.82) is 0 Å². The van der Waals surface area contributed by atoms with E-state index in [4.69, 9.17) is 0 Å². The number of aromatic nitrogens is 5. The molecule has 4 rings (SSSR count). The molecule has 0 aliphatic heterocycles. The van der Waals surface area contributed by atoms with E-state index in [1.54, 1.807) is 10.9 Å². The first-order valence-corrected chi connectivity index (χ1v) is 8.94. The van der Waals surface area contributed by atoms with E-state index >= 15 is 0 Å². The molecule has 28 heavy (non-hydrogen) atoms. The van der Waals surface area contributed by atoms with Gasteiger partial charge in [-0.05, 0) is 57.2 Å². The summed E-state index contributed by atoms with van der Waals surface area (Å²) in [5, 5.41) is 15.4. The van der Waals surface area contributed by atoms with Gasteiger partial charge >= 0.3 is 0 Å². The van der Waals surface area contributed by atoms with Crippen molar-refractivity contribution in [3.63, 3.8) is 0 Å². The molecule has 0 radical (unpaired) electrons. The van der Waals surface area contributed by atoms with Crippen molar-refractivity contribution in [3.05, 3.63) is 83.4 Å². The third kappa shape index (κ3) is 3.55. The van der Waals surface area contributed by atoms with Crippen LogP contribution in [0.1, 0.15) is 27.4 Å². The van der Waals surface area contributed by atoms with Crippen LogP contribution in [0.5, 0.6) is 0 Å². The Morgan fingerprint density at radius 1 is 0.964 bits per heavy atom. The van der Waals surface area contributed by atoms with E-state index in [-0.39, 0.29) is 11.6 Å². The van der Waals surface area contributed by atoms with Crippen LogP contribution in [0.25, 0.3) is 11.4 Å². The summed E-state index contributed by atoms with van der Waals surface area (Å²) in [6.45, 7) is 5.96. The SMILES string of the molecule is Cc1ccc(-n2cc(C(=O)Nc3cccc(-n4nc(C)cc4C)c3)nn2)cc1. The molecule has 1 N–H and O–H groups in total. The summed E-state index contributed by atoms with van der Waals surface area (Å²) in [5.41, 5.74) is 5.78. The molecule has 0 aliphatic carbocycles. The zero-order valence-electron chi connectivity index (χ0n) is 15.9. The molecule has 0 fully saturated rings. The maximum absolute atomic E-state index is 12.6. The summed E-state index contributed by atoms with van der Waals surface area (Å²) in [4.78, 5) is 12.6. The molecule has 0 bridgehead atoms. The third-order valence-corrected chi connectivity index (χ3v) is 4.38. The molecule has 7 nitrogen and oxygen atoms in total. The summed E-state index contributed by atoms with van der Waals surface area (Å²) in [7, 11) is 0. The lowest BCUT2D eigenvalue weighted by atomic mass is 10.2. The quantitative estimate of drug-likeness (QED) is 0.593. The van der Waals surface area contributed by atoms with Gasteiger partial charge in [0.25, 0.3) is 5.91 Å². The van der Waals surface area contributed by atoms with Gasteiger partial charge in [-0.25, -0.2) is 9.36 Å². The Balaban J connectivity index is 1.54. The Bertz CT molecular complexity index is 1140. The molecule has 0 atom stereocenters. The molecule has 2 aromatic heterocycles. The topological polar surface area (TPSA) is 77.6 Å². The lowest BCUT2D eigenvalue weighted by Crippen LogP contribution is -2.12. The highest BCUT2D eigenvalue weighted by Crippen LogP contribution is 2.17. The van der Waals surface area contributed by atoms with Crippen molar-refractivity contribution in [2.45, 2.75) is 20.8 Å². The molecule has 0 spiro atoms. The van der Waals surface area contributed by atoms with Gasteiger partial charge in [0.15, 0.2) is 5.69 Å². The first-order valence-electron chi connectivity index (χ1n) is 8.94. The Morgan fingerprint density at radius 2 is 1.75 bits per heavy atom. The Labute approximate surface area is 162 Å². The molecule has 0 saturated carbocycles. The summed E-state index contributed by atoms with van der Waals surface area (Å²) in [5.74, 6) is -0.316. The van der Waals surface area contributed by atoms with Crippen molar-refractivity contribution < 1.29 is 4.79 Å². The van der Waals surface area contributed by atoms with Crippen LogP contribution in [0.3, 0.4) is 0 Å². The fourth-order valence-corrected chi connectivity index (χ4v) is 2.99. The Kier molecular flexibility index (Phi) is 4.49. The highest BCUT2D eigenvalue weighted by Gasteiger charge is 2.13. The molecule has 2 aromatic carbocycles. The summed E-state index contributed by atoms with van der Waals surface area (Å²) < 4.78 is 3.43. The molecule has 0 saturated heterocycles. The average Bonchev–Trinajstić information content (AvgIpc) is 3.29. The van der Waals surface area contributed by atoms with Crippen LogP contribution in [-0.2, 0) is 0 Å². The first-order chi connectivity index (χ1) is 13.5. The van der Waals surface area contributed by atoms with E-state index in [1.807, 2.05) is 80.1 Å². The standard InChI is InChI=1S/C21H20N6O/c1-14-7-9-18(10-8-14)26-13-20(23-25-26)21(28)22-17-5-4-6-19(12-17)27-16(3)11-15(2)24-27/h4-13H,1-3H3,(H,22,28). The molecule has 0 aliphatic rings. The minimum atomic E-state index is -0.316. The van der Waals surface area contributed by atoms with Crippen LogP contribution < -0.4 is 5.32 Å². The number of rotatable bonds is 4. The molecular weight excluding hydrogens is 352 g/mol. The second-order valence-electron chi connectivity index (χ2n) is 6.73. The number of benzene rings is 2.